The van der Waals surface area contributed by atoms with E-state index in [1.54, 1.807) is 23.7 Å². The standard InChI is InChI=1S/C19H20N2O2S/c1-21(12-14-7-3-2-4-8-14)18(22)11-15-13-24-17-10-6-5-9-16(17)20-19(15)23/h2-10,15H,11-13H2,1H3,(H,20,23)/t15-/m0/s1. The molecule has 0 unspecified atom stereocenters. The molecule has 0 aliphatic carbocycles. The maximum absolute atomic E-state index is 12.5. The van der Waals surface area contributed by atoms with Crippen LogP contribution in [-0.4, -0.2) is 29.5 Å². The molecule has 0 aromatic heterocycles. The molecule has 2 aromatic rings. The van der Waals surface area contributed by atoms with Gasteiger partial charge in [-0.25, -0.2) is 0 Å². The number of thioether (sulfide) groups is 1. The van der Waals surface area contributed by atoms with Crippen molar-refractivity contribution in [1.82, 2.24) is 4.90 Å². The maximum atomic E-state index is 12.5. The van der Waals surface area contributed by atoms with Crippen LogP contribution in [0.15, 0.2) is 59.5 Å². The second-order valence-corrected chi connectivity index (χ2v) is 6.99. The van der Waals surface area contributed by atoms with Crippen LogP contribution in [0.3, 0.4) is 0 Å². The number of carbonyl (C=O) groups excluding carboxylic acids is 2. The van der Waals surface area contributed by atoms with Gasteiger partial charge in [0.15, 0.2) is 0 Å². The first-order chi connectivity index (χ1) is 11.6. The Hall–Kier alpha value is -2.27. The van der Waals surface area contributed by atoms with Crippen LogP contribution >= 0.6 is 11.8 Å². The van der Waals surface area contributed by atoms with Crippen LogP contribution in [0, 0.1) is 5.92 Å². The highest BCUT2D eigenvalue weighted by Gasteiger charge is 2.27. The van der Waals surface area contributed by atoms with E-state index in [9.17, 15) is 9.59 Å². The number of para-hydroxylation sites is 1. The second kappa shape index (κ2) is 7.53. The van der Waals surface area contributed by atoms with Crippen LogP contribution in [0.4, 0.5) is 5.69 Å². The number of nitrogens with one attached hydrogen (secondary N) is 1. The van der Waals surface area contributed by atoms with Gasteiger partial charge in [-0.15, -0.1) is 11.8 Å². The van der Waals surface area contributed by atoms with Crippen molar-refractivity contribution in [3.63, 3.8) is 0 Å². The normalized spacial score (nSPS) is 16.7. The summed E-state index contributed by atoms with van der Waals surface area (Å²) in [6.45, 7) is 0.557. The van der Waals surface area contributed by atoms with Crippen molar-refractivity contribution in [2.45, 2.75) is 17.9 Å². The zero-order valence-corrected chi connectivity index (χ0v) is 14.4. The Labute approximate surface area is 146 Å². The van der Waals surface area contributed by atoms with E-state index in [1.165, 1.54) is 0 Å². The number of benzene rings is 2. The number of hydrogen-bond donors (Lipinski definition) is 1. The predicted molar refractivity (Wildman–Crippen MR) is 96.8 cm³/mol. The van der Waals surface area contributed by atoms with E-state index in [0.717, 1.165) is 16.1 Å². The molecule has 1 aliphatic heterocycles. The van der Waals surface area contributed by atoms with Crippen molar-refractivity contribution in [3.05, 3.63) is 60.2 Å². The lowest BCUT2D eigenvalue weighted by Gasteiger charge is -2.20. The van der Waals surface area contributed by atoms with E-state index < -0.39 is 0 Å². The van der Waals surface area contributed by atoms with Crippen molar-refractivity contribution < 1.29 is 9.59 Å². The highest BCUT2D eigenvalue weighted by atomic mass is 32.2. The minimum absolute atomic E-state index is 0.00874. The van der Waals surface area contributed by atoms with Gasteiger partial charge in [0.05, 0.1) is 11.6 Å². The summed E-state index contributed by atoms with van der Waals surface area (Å²) in [6.07, 6.45) is 0.232. The summed E-state index contributed by atoms with van der Waals surface area (Å²) in [5, 5.41) is 2.94. The number of carbonyl (C=O) groups is 2. The predicted octanol–water partition coefficient (Wildman–Crippen LogP) is 3.40. The maximum Gasteiger partial charge on any atom is 0.228 e. The highest BCUT2D eigenvalue weighted by molar-refractivity contribution is 7.99. The molecule has 0 spiro atoms. The molecule has 3 rings (SSSR count). The molecule has 2 amide bonds. The summed E-state index contributed by atoms with van der Waals surface area (Å²) in [4.78, 5) is 27.6. The van der Waals surface area contributed by atoms with E-state index >= 15 is 0 Å². The fourth-order valence-electron chi connectivity index (χ4n) is 2.66. The van der Waals surface area contributed by atoms with Crippen molar-refractivity contribution in [1.29, 1.82) is 0 Å². The lowest BCUT2D eigenvalue weighted by molar-refractivity contribution is -0.133. The molecule has 0 radical (unpaired) electrons. The molecule has 0 saturated heterocycles. The van der Waals surface area contributed by atoms with Gasteiger partial charge in [0.2, 0.25) is 11.8 Å². The molecule has 1 atom stereocenters. The minimum atomic E-state index is -0.312. The molecule has 1 N–H and O–H groups in total. The van der Waals surface area contributed by atoms with E-state index in [-0.39, 0.29) is 24.2 Å². The summed E-state index contributed by atoms with van der Waals surface area (Å²) in [5.74, 6) is 0.223. The average molecular weight is 340 g/mol. The molecule has 0 bridgehead atoms. The Morgan fingerprint density at radius 3 is 2.67 bits per heavy atom. The molecular formula is C19H20N2O2S. The SMILES string of the molecule is CN(Cc1ccccc1)C(=O)C[C@H]1CSc2ccccc2NC1=O. The number of fused-ring (bicyclic) bond motifs is 1. The monoisotopic (exact) mass is 340 g/mol. The summed E-state index contributed by atoms with van der Waals surface area (Å²) in [7, 11) is 1.78. The van der Waals surface area contributed by atoms with Crippen LogP contribution in [-0.2, 0) is 16.1 Å². The van der Waals surface area contributed by atoms with E-state index in [2.05, 4.69) is 5.32 Å². The zero-order chi connectivity index (χ0) is 16.9. The number of anilines is 1. The molecule has 1 aliphatic rings. The number of rotatable bonds is 4. The topological polar surface area (TPSA) is 49.4 Å². The van der Waals surface area contributed by atoms with Crippen LogP contribution in [0.25, 0.3) is 0 Å². The third-order valence-electron chi connectivity index (χ3n) is 4.07. The quantitative estimate of drug-likeness (QED) is 0.928. The smallest absolute Gasteiger partial charge is 0.228 e. The molecule has 0 fully saturated rings. The Kier molecular flexibility index (Phi) is 5.20. The summed E-state index contributed by atoms with van der Waals surface area (Å²) < 4.78 is 0. The third kappa shape index (κ3) is 3.97. The molecule has 5 heteroatoms. The Morgan fingerprint density at radius 2 is 1.88 bits per heavy atom. The van der Waals surface area contributed by atoms with Crippen LogP contribution in [0.5, 0.6) is 0 Å². The molecule has 0 saturated carbocycles. The molecule has 124 valence electrons. The average Bonchev–Trinajstić information content (AvgIpc) is 2.75. The van der Waals surface area contributed by atoms with Gasteiger partial charge >= 0.3 is 0 Å². The van der Waals surface area contributed by atoms with Gasteiger partial charge in [0, 0.05) is 30.7 Å². The van der Waals surface area contributed by atoms with Gasteiger partial charge in [-0.1, -0.05) is 42.5 Å². The molecule has 24 heavy (non-hydrogen) atoms. The van der Waals surface area contributed by atoms with Crippen molar-refractivity contribution >= 4 is 29.3 Å². The van der Waals surface area contributed by atoms with Crippen LogP contribution in [0.2, 0.25) is 0 Å². The first kappa shape index (κ1) is 16.6. The molecule has 4 nitrogen and oxygen atoms in total. The van der Waals surface area contributed by atoms with Gasteiger partial charge in [0.25, 0.3) is 0 Å². The summed E-state index contributed by atoms with van der Waals surface area (Å²) >= 11 is 1.63. The van der Waals surface area contributed by atoms with Crippen molar-refractivity contribution in [2.24, 2.45) is 5.92 Å². The minimum Gasteiger partial charge on any atom is -0.341 e. The van der Waals surface area contributed by atoms with Crippen molar-refractivity contribution in [2.75, 3.05) is 18.1 Å². The fraction of sp³-hybridized carbons (Fsp3) is 0.263. The first-order valence-electron chi connectivity index (χ1n) is 7.94. The lowest BCUT2D eigenvalue weighted by Crippen LogP contribution is -2.32. The van der Waals surface area contributed by atoms with Gasteiger partial charge in [-0.2, -0.15) is 0 Å². The van der Waals surface area contributed by atoms with Crippen molar-refractivity contribution in [3.8, 4) is 0 Å². The van der Waals surface area contributed by atoms with E-state index in [4.69, 9.17) is 0 Å². The third-order valence-corrected chi connectivity index (χ3v) is 5.30. The summed E-state index contributed by atoms with van der Waals surface area (Å²) in [5.41, 5.74) is 1.92. The van der Waals surface area contributed by atoms with Crippen LogP contribution < -0.4 is 5.32 Å². The Bertz CT molecular complexity index is 733. The lowest BCUT2D eigenvalue weighted by atomic mass is 10.1. The molecule has 1 heterocycles. The Balaban J connectivity index is 1.61. The fourth-order valence-corrected chi connectivity index (χ4v) is 3.76. The number of amides is 2. The zero-order valence-electron chi connectivity index (χ0n) is 13.6. The van der Waals surface area contributed by atoms with Gasteiger partial charge < -0.3 is 10.2 Å². The van der Waals surface area contributed by atoms with Gasteiger partial charge in [-0.05, 0) is 17.7 Å². The number of hydrogen-bond acceptors (Lipinski definition) is 3. The first-order valence-corrected chi connectivity index (χ1v) is 8.92. The largest absolute Gasteiger partial charge is 0.341 e. The van der Waals surface area contributed by atoms with Gasteiger partial charge in [0.1, 0.15) is 0 Å². The summed E-state index contributed by atoms with van der Waals surface area (Å²) in [6, 6.07) is 17.6. The molecule has 2 aromatic carbocycles. The highest BCUT2D eigenvalue weighted by Crippen LogP contribution is 2.33. The number of nitrogens with zero attached hydrogens (tertiary/aromatic N) is 1. The Morgan fingerprint density at radius 1 is 1.17 bits per heavy atom. The second-order valence-electron chi connectivity index (χ2n) is 5.93. The molecular weight excluding hydrogens is 320 g/mol. The van der Waals surface area contributed by atoms with Crippen LogP contribution in [0.1, 0.15) is 12.0 Å². The van der Waals surface area contributed by atoms with E-state index in [1.807, 2.05) is 54.6 Å². The van der Waals surface area contributed by atoms with Gasteiger partial charge in [-0.3, -0.25) is 9.59 Å². The van der Waals surface area contributed by atoms with E-state index in [0.29, 0.717) is 12.3 Å².